The molecule has 1 rings (SSSR count). The van der Waals surface area contributed by atoms with E-state index in [1.807, 2.05) is 0 Å². The van der Waals surface area contributed by atoms with Gasteiger partial charge in [0.15, 0.2) is 5.69 Å². The number of aromatic carboxylic acids is 1. The summed E-state index contributed by atoms with van der Waals surface area (Å²) in [7, 11) is 0. The van der Waals surface area contributed by atoms with Crippen LogP contribution in [0, 0.1) is 0 Å². The zero-order valence-corrected chi connectivity index (χ0v) is 12.0. The van der Waals surface area contributed by atoms with E-state index < -0.39 is 5.97 Å². The normalized spacial score (nSPS) is 12.1. The van der Waals surface area contributed by atoms with Gasteiger partial charge in [-0.3, -0.25) is 4.79 Å². The zero-order valence-electron chi connectivity index (χ0n) is 12.0. The fourth-order valence-corrected chi connectivity index (χ4v) is 1.98. The molecule has 0 aromatic carbocycles. The molecule has 0 bridgehead atoms. The molecule has 1 aromatic heterocycles. The number of rotatable bonds is 9. The first-order chi connectivity index (χ1) is 9.56. The van der Waals surface area contributed by atoms with Crippen LogP contribution in [0.2, 0.25) is 0 Å². The lowest BCUT2D eigenvalue weighted by molar-refractivity contribution is -0.122. The molecule has 7 heteroatoms. The van der Waals surface area contributed by atoms with Crippen molar-refractivity contribution in [2.75, 3.05) is 0 Å². The van der Waals surface area contributed by atoms with Crippen LogP contribution in [0.15, 0.2) is 6.20 Å². The van der Waals surface area contributed by atoms with E-state index in [1.165, 1.54) is 10.9 Å². The van der Waals surface area contributed by atoms with Gasteiger partial charge in [0.25, 0.3) is 0 Å². The smallest absolute Gasteiger partial charge is 0.358 e. The Bertz CT molecular complexity index is 445. The molecule has 7 nitrogen and oxygen atoms in total. The monoisotopic (exact) mass is 282 g/mol. The van der Waals surface area contributed by atoms with Gasteiger partial charge in [0.2, 0.25) is 5.91 Å². The number of nitrogens with one attached hydrogen (secondary N) is 1. The highest BCUT2D eigenvalue weighted by Gasteiger charge is 2.14. The van der Waals surface area contributed by atoms with E-state index in [-0.39, 0.29) is 24.2 Å². The third-order valence-corrected chi connectivity index (χ3v) is 2.97. The molecule has 1 atom stereocenters. The number of unbranched alkanes of at least 4 members (excludes halogenated alkanes) is 1. The van der Waals surface area contributed by atoms with Crippen LogP contribution in [0.3, 0.4) is 0 Å². The van der Waals surface area contributed by atoms with Gasteiger partial charge in [-0.05, 0) is 12.8 Å². The quantitative estimate of drug-likeness (QED) is 0.714. The van der Waals surface area contributed by atoms with Crippen molar-refractivity contribution in [3.63, 3.8) is 0 Å². The maximum absolute atomic E-state index is 11.9. The summed E-state index contributed by atoms with van der Waals surface area (Å²) in [6.07, 6.45) is 6.36. The largest absolute Gasteiger partial charge is 0.476 e. The number of hydrogen-bond donors (Lipinski definition) is 2. The van der Waals surface area contributed by atoms with Gasteiger partial charge in [-0.25, -0.2) is 9.48 Å². The molecular formula is C13H22N4O3. The van der Waals surface area contributed by atoms with E-state index in [2.05, 4.69) is 29.5 Å². The lowest BCUT2D eigenvalue weighted by Gasteiger charge is -2.17. The first-order valence-electron chi connectivity index (χ1n) is 6.99. The summed E-state index contributed by atoms with van der Waals surface area (Å²) in [5, 5.41) is 18.8. The van der Waals surface area contributed by atoms with Crippen LogP contribution in [0.5, 0.6) is 0 Å². The van der Waals surface area contributed by atoms with Gasteiger partial charge >= 0.3 is 5.97 Å². The van der Waals surface area contributed by atoms with Gasteiger partial charge in [-0.1, -0.05) is 38.3 Å². The minimum Gasteiger partial charge on any atom is -0.476 e. The van der Waals surface area contributed by atoms with Crippen LogP contribution < -0.4 is 5.32 Å². The summed E-state index contributed by atoms with van der Waals surface area (Å²) in [6, 6.07) is 0.176. The number of carbonyl (C=O) groups is 2. The lowest BCUT2D eigenvalue weighted by Crippen LogP contribution is -2.37. The summed E-state index contributed by atoms with van der Waals surface area (Å²) < 4.78 is 1.24. The molecule has 2 N–H and O–H groups in total. The Hall–Kier alpha value is -1.92. The Kier molecular flexibility index (Phi) is 6.69. The predicted octanol–water partition coefficient (Wildman–Crippen LogP) is 1.45. The van der Waals surface area contributed by atoms with E-state index in [0.717, 1.165) is 32.1 Å². The fourth-order valence-electron chi connectivity index (χ4n) is 1.98. The van der Waals surface area contributed by atoms with E-state index in [1.54, 1.807) is 0 Å². The molecule has 0 saturated carbocycles. The van der Waals surface area contributed by atoms with Crippen molar-refractivity contribution in [2.45, 2.75) is 58.5 Å². The number of carboxylic acid groups (broad SMARTS) is 1. The van der Waals surface area contributed by atoms with Crippen molar-refractivity contribution in [1.29, 1.82) is 0 Å². The van der Waals surface area contributed by atoms with Crippen LogP contribution in [-0.4, -0.2) is 38.0 Å². The summed E-state index contributed by atoms with van der Waals surface area (Å²) in [4.78, 5) is 22.6. The zero-order chi connectivity index (χ0) is 15.0. The number of aromatic nitrogens is 3. The molecule has 1 unspecified atom stereocenters. The highest BCUT2D eigenvalue weighted by Crippen LogP contribution is 2.06. The first kappa shape index (κ1) is 16.1. The highest BCUT2D eigenvalue weighted by atomic mass is 16.4. The number of amides is 1. The van der Waals surface area contributed by atoms with Crippen molar-refractivity contribution in [3.8, 4) is 0 Å². The van der Waals surface area contributed by atoms with Crippen molar-refractivity contribution >= 4 is 11.9 Å². The highest BCUT2D eigenvalue weighted by molar-refractivity contribution is 5.84. The first-order valence-corrected chi connectivity index (χ1v) is 6.99. The summed E-state index contributed by atoms with van der Waals surface area (Å²) in [5.41, 5.74) is -0.158. The lowest BCUT2D eigenvalue weighted by atomic mass is 10.1. The van der Waals surface area contributed by atoms with Gasteiger partial charge in [0, 0.05) is 6.04 Å². The van der Waals surface area contributed by atoms with E-state index in [0.29, 0.717) is 0 Å². The standard InChI is InChI=1S/C13H22N4O3/c1-3-5-7-10(6-4-2)14-12(18)9-17-8-11(13(19)20)15-16-17/h8,10H,3-7,9H2,1-2H3,(H,14,18)(H,19,20). The number of hydrogen-bond acceptors (Lipinski definition) is 4. The number of carbonyl (C=O) groups excluding carboxylic acids is 1. The fraction of sp³-hybridized carbons (Fsp3) is 0.692. The Labute approximate surface area is 118 Å². The Morgan fingerprint density at radius 1 is 1.35 bits per heavy atom. The van der Waals surface area contributed by atoms with Crippen LogP contribution in [-0.2, 0) is 11.3 Å². The van der Waals surface area contributed by atoms with E-state index >= 15 is 0 Å². The molecule has 1 heterocycles. The van der Waals surface area contributed by atoms with Crippen LogP contribution >= 0.6 is 0 Å². The Balaban J connectivity index is 2.49. The van der Waals surface area contributed by atoms with Crippen LogP contribution in [0.4, 0.5) is 0 Å². The van der Waals surface area contributed by atoms with Crippen molar-refractivity contribution in [2.24, 2.45) is 0 Å². The minimum atomic E-state index is -1.15. The van der Waals surface area contributed by atoms with Crippen molar-refractivity contribution < 1.29 is 14.7 Å². The maximum Gasteiger partial charge on any atom is 0.358 e. The van der Waals surface area contributed by atoms with E-state index in [9.17, 15) is 9.59 Å². The molecule has 0 saturated heterocycles. The maximum atomic E-state index is 11.9. The van der Waals surface area contributed by atoms with Crippen molar-refractivity contribution in [1.82, 2.24) is 20.3 Å². The molecule has 0 aliphatic rings. The van der Waals surface area contributed by atoms with Gasteiger partial charge in [-0.15, -0.1) is 5.10 Å². The van der Waals surface area contributed by atoms with E-state index in [4.69, 9.17) is 5.11 Å². The average molecular weight is 282 g/mol. The molecule has 0 radical (unpaired) electrons. The second kappa shape index (κ2) is 8.29. The molecule has 20 heavy (non-hydrogen) atoms. The third kappa shape index (κ3) is 5.38. The van der Waals surface area contributed by atoms with Crippen LogP contribution in [0.1, 0.15) is 56.4 Å². The summed E-state index contributed by atoms with van der Waals surface area (Å²) in [5.74, 6) is -1.31. The molecule has 1 aromatic rings. The summed E-state index contributed by atoms with van der Waals surface area (Å²) >= 11 is 0. The van der Waals surface area contributed by atoms with Crippen molar-refractivity contribution in [3.05, 3.63) is 11.9 Å². The average Bonchev–Trinajstić information content (AvgIpc) is 2.84. The Morgan fingerprint density at radius 3 is 2.65 bits per heavy atom. The molecule has 112 valence electrons. The molecule has 0 spiro atoms. The van der Waals surface area contributed by atoms with Crippen LogP contribution in [0.25, 0.3) is 0 Å². The molecule has 0 aliphatic carbocycles. The molecule has 0 fully saturated rings. The van der Waals surface area contributed by atoms with Gasteiger partial charge in [-0.2, -0.15) is 0 Å². The molecule has 0 aliphatic heterocycles. The third-order valence-electron chi connectivity index (χ3n) is 2.97. The molecule has 1 amide bonds. The summed E-state index contributed by atoms with van der Waals surface area (Å²) in [6.45, 7) is 4.20. The SMILES string of the molecule is CCCCC(CCC)NC(=O)Cn1cc(C(=O)O)nn1. The predicted molar refractivity (Wildman–Crippen MR) is 73.3 cm³/mol. The molecular weight excluding hydrogens is 260 g/mol. The minimum absolute atomic E-state index is 0.00732. The van der Waals surface area contributed by atoms with Gasteiger partial charge < -0.3 is 10.4 Å². The topological polar surface area (TPSA) is 97.1 Å². The Morgan fingerprint density at radius 2 is 2.10 bits per heavy atom. The second-order valence-electron chi connectivity index (χ2n) is 4.80. The number of carboxylic acids is 1. The second-order valence-corrected chi connectivity index (χ2v) is 4.80. The van der Waals surface area contributed by atoms with Gasteiger partial charge in [0.05, 0.1) is 6.20 Å². The van der Waals surface area contributed by atoms with Gasteiger partial charge in [0.1, 0.15) is 6.54 Å². The number of nitrogens with zero attached hydrogens (tertiary/aromatic N) is 3.